The van der Waals surface area contributed by atoms with Crippen LogP contribution in [0.5, 0.6) is 0 Å². The van der Waals surface area contributed by atoms with Gasteiger partial charge >= 0.3 is 0 Å². The lowest BCUT2D eigenvalue weighted by molar-refractivity contribution is 0.181. The van der Waals surface area contributed by atoms with Gasteiger partial charge in [-0.15, -0.1) is 0 Å². The quantitative estimate of drug-likeness (QED) is 0.722. The van der Waals surface area contributed by atoms with E-state index in [1.54, 1.807) is 13.2 Å². The third-order valence-electron chi connectivity index (χ3n) is 1.45. The molecule has 1 heterocycles. The molecule has 0 amide bonds. The summed E-state index contributed by atoms with van der Waals surface area (Å²) >= 11 is 0. The van der Waals surface area contributed by atoms with E-state index in [9.17, 15) is 0 Å². The molecule has 1 aromatic heterocycles. The van der Waals surface area contributed by atoms with Crippen LogP contribution in [0.15, 0.2) is 6.07 Å². The molecule has 1 rings (SSSR count). The third kappa shape index (κ3) is 2.17. The summed E-state index contributed by atoms with van der Waals surface area (Å²) in [6.07, 6.45) is 0.793. The van der Waals surface area contributed by atoms with Crippen LogP contribution < -0.4 is 5.73 Å². The minimum atomic E-state index is 0.486. The molecule has 4 heteroatoms. The topological polar surface area (TPSA) is 61.0 Å². The molecule has 0 aliphatic carbocycles. The zero-order valence-electron chi connectivity index (χ0n) is 7.37. The van der Waals surface area contributed by atoms with E-state index in [0.29, 0.717) is 12.4 Å². The van der Waals surface area contributed by atoms with E-state index in [2.05, 4.69) is 9.97 Å². The third-order valence-corrected chi connectivity index (χ3v) is 1.45. The summed E-state index contributed by atoms with van der Waals surface area (Å²) in [5.74, 6) is 1.27. The highest BCUT2D eigenvalue weighted by molar-refractivity contribution is 5.29. The van der Waals surface area contributed by atoms with Crippen molar-refractivity contribution >= 4 is 5.82 Å². The van der Waals surface area contributed by atoms with Gasteiger partial charge in [-0.05, 0) is 0 Å². The molecule has 0 bridgehead atoms. The summed E-state index contributed by atoms with van der Waals surface area (Å²) in [5.41, 5.74) is 6.39. The molecule has 0 saturated carbocycles. The summed E-state index contributed by atoms with van der Waals surface area (Å²) in [7, 11) is 1.63. The number of aromatic nitrogens is 2. The summed E-state index contributed by atoms with van der Waals surface area (Å²) in [6, 6.07) is 1.72. The number of hydrogen-bond donors (Lipinski definition) is 1. The Morgan fingerprint density at radius 1 is 1.50 bits per heavy atom. The number of anilines is 1. The van der Waals surface area contributed by atoms with Gasteiger partial charge in [-0.1, -0.05) is 6.92 Å². The van der Waals surface area contributed by atoms with Gasteiger partial charge in [0.15, 0.2) is 0 Å². The standard InChI is InChI=1S/C8H13N3O/c1-3-8-10-6(5-12-2)4-7(9)11-8/h4H,3,5H2,1-2H3,(H2,9,10,11). The Hall–Kier alpha value is -1.16. The monoisotopic (exact) mass is 167 g/mol. The number of nitrogen functional groups attached to an aromatic ring is 1. The normalized spacial score (nSPS) is 10.2. The molecular formula is C8H13N3O. The second-order valence-corrected chi connectivity index (χ2v) is 2.49. The Balaban J connectivity index is 2.90. The van der Waals surface area contributed by atoms with E-state index in [4.69, 9.17) is 10.5 Å². The van der Waals surface area contributed by atoms with Crippen LogP contribution in [-0.4, -0.2) is 17.1 Å². The fourth-order valence-corrected chi connectivity index (χ4v) is 0.955. The molecule has 0 radical (unpaired) electrons. The lowest BCUT2D eigenvalue weighted by Crippen LogP contribution is -2.03. The van der Waals surface area contributed by atoms with E-state index in [-0.39, 0.29) is 0 Å². The lowest BCUT2D eigenvalue weighted by atomic mass is 10.3. The molecule has 0 spiro atoms. The summed E-state index contributed by atoms with van der Waals surface area (Å²) < 4.78 is 4.94. The Bertz CT molecular complexity index is 262. The first kappa shape index (κ1) is 8.93. The Morgan fingerprint density at radius 2 is 2.25 bits per heavy atom. The zero-order valence-corrected chi connectivity index (χ0v) is 7.37. The maximum atomic E-state index is 5.56. The molecule has 66 valence electrons. The van der Waals surface area contributed by atoms with Gasteiger partial charge in [0.25, 0.3) is 0 Å². The lowest BCUT2D eigenvalue weighted by Gasteiger charge is -2.02. The van der Waals surface area contributed by atoms with E-state index in [1.165, 1.54) is 0 Å². The minimum Gasteiger partial charge on any atom is -0.384 e. The first-order chi connectivity index (χ1) is 5.76. The summed E-state index contributed by atoms with van der Waals surface area (Å²) in [6.45, 7) is 2.48. The fraction of sp³-hybridized carbons (Fsp3) is 0.500. The van der Waals surface area contributed by atoms with E-state index >= 15 is 0 Å². The van der Waals surface area contributed by atoms with Crippen molar-refractivity contribution < 1.29 is 4.74 Å². The van der Waals surface area contributed by atoms with Gasteiger partial charge in [-0.3, -0.25) is 0 Å². The van der Waals surface area contributed by atoms with Gasteiger partial charge in [-0.25, -0.2) is 9.97 Å². The van der Waals surface area contributed by atoms with Crippen LogP contribution in [0, 0.1) is 0 Å². The number of ether oxygens (including phenoxy) is 1. The van der Waals surface area contributed by atoms with Gasteiger partial charge in [0, 0.05) is 19.6 Å². The first-order valence-electron chi connectivity index (χ1n) is 3.87. The predicted octanol–water partition coefficient (Wildman–Crippen LogP) is 0.768. The van der Waals surface area contributed by atoms with Crippen molar-refractivity contribution in [2.24, 2.45) is 0 Å². The molecule has 0 fully saturated rings. The number of methoxy groups -OCH3 is 1. The van der Waals surface area contributed by atoms with E-state index in [0.717, 1.165) is 17.9 Å². The van der Waals surface area contributed by atoms with Crippen LogP contribution in [0.25, 0.3) is 0 Å². The average Bonchev–Trinajstić information content (AvgIpc) is 2.04. The van der Waals surface area contributed by atoms with Gasteiger partial charge in [0.05, 0.1) is 12.3 Å². The molecule has 0 aliphatic heterocycles. The van der Waals surface area contributed by atoms with Crippen LogP contribution in [0.3, 0.4) is 0 Å². The van der Waals surface area contributed by atoms with Crippen LogP contribution in [-0.2, 0) is 17.8 Å². The van der Waals surface area contributed by atoms with Crippen LogP contribution in [0.4, 0.5) is 5.82 Å². The Labute approximate surface area is 71.8 Å². The van der Waals surface area contributed by atoms with Crippen LogP contribution in [0.2, 0.25) is 0 Å². The van der Waals surface area contributed by atoms with Gasteiger partial charge in [-0.2, -0.15) is 0 Å². The highest BCUT2D eigenvalue weighted by Gasteiger charge is 1.99. The van der Waals surface area contributed by atoms with Gasteiger partial charge in [0.2, 0.25) is 0 Å². The first-order valence-corrected chi connectivity index (χ1v) is 3.87. The second kappa shape index (κ2) is 4.01. The number of hydrogen-bond acceptors (Lipinski definition) is 4. The number of rotatable bonds is 3. The molecular weight excluding hydrogens is 154 g/mol. The van der Waals surface area contributed by atoms with Crippen LogP contribution in [0.1, 0.15) is 18.4 Å². The molecule has 0 atom stereocenters. The molecule has 12 heavy (non-hydrogen) atoms. The van der Waals surface area contributed by atoms with E-state index in [1.807, 2.05) is 6.92 Å². The largest absolute Gasteiger partial charge is 0.384 e. The molecule has 0 saturated heterocycles. The van der Waals surface area contributed by atoms with Crippen molar-refractivity contribution in [2.45, 2.75) is 20.0 Å². The molecule has 4 nitrogen and oxygen atoms in total. The van der Waals surface area contributed by atoms with Crippen LogP contribution >= 0.6 is 0 Å². The molecule has 2 N–H and O–H groups in total. The van der Waals surface area contributed by atoms with Gasteiger partial charge < -0.3 is 10.5 Å². The molecule has 0 unspecified atom stereocenters. The summed E-state index contributed by atoms with van der Waals surface area (Å²) in [5, 5.41) is 0. The second-order valence-electron chi connectivity index (χ2n) is 2.49. The Morgan fingerprint density at radius 3 is 2.83 bits per heavy atom. The minimum absolute atomic E-state index is 0.486. The fourth-order valence-electron chi connectivity index (χ4n) is 0.955. The van der Waals surface area contributed by atoms with Crippen molar-refractivity contribution in [3.63, 3.8) is 0 Å². The maximum absolute atomic E-state index is 5.56. The number of aryl methyl sites for hydroxylation is 1. The van der Waals surface area contributed by atoms with Gasteiger partial charge in [0.1, 0.15) is 11.6 Å². The smallest absolute Gasteiger partial charge is 0.130 e. The highest BCUT2D eigenvalue weighted by Crippen LogP contribution is 2.04. The number of nitrogens with zero attached hydrogens (tertiary/aromatic N) is 2. The molecule has 0 aliphatic rings. The predicted molar refractivity (Wildman–Crippen MR) is 46.5 cm³/mol. The molecule has 0 aromatic carbocycles. The van der Waals surface area contributed by atoms with E-state index < -0.39 is 0 Å². The summed E-state index contributed by atoms with van der Waals surface area (Å²) in [4.78, 5) is 8.27. The molecule has 1 aromatic rings. The number of nitrogens with two attached hydrogens (primary N) is 1. The highest BCUT2D eigenvalue weighted by atomic mass is 16.5. The van der Waals surface area contributed by atoms with Crippen molar-refractivity contribution in [3.05, 3.63) is 17.6 Å². The zero-order chi connectivity index (χ0) is 8.97. The van der Waals surface area contributed by atoms with Crippen molar-refractivity contribution in [1.82, 2.24) is 9.97 Å². The van der Waals surface area contributed by atoms with Crippen molar-refractivity contribution in [1.29, 1.82) is 0 Å². The average molecular weight is 167 g/mol. The van der Waals surface area contributed by atoms with Crippen molar-refractivity contribution in [2.75, 3.05) is 12.8 Å². The maximum Gasteiger partial charge on any atom is 0.130 e. The SMILES string of the molecule is CCc1nc(N)cc(COC)n1. The van der Waals surface area contributed by atoms with Crippen molar-refractivity contribution in [3.8, 4) is 0 Å². The Kier molecular flexibility index (Phi) is 2.99.